The fourth-order valence-electron chi connectivity index (χ4n) is 2.43. The van der Waals surface area contributed by atoms with Crippen molar-refractivity contribution in [3.05, 3.63) is 93.7 Å². The van der Waals surface area contributed by atoms with Gasteiger partial charge in [0, 0.05) is 12.1 Å². The highest BCUT2D eigenvalue weighted by Gasteiger charge is 2.07. The van der Waals surface area contributed by atoms with Gasteiger partial charge in [0.25, 0.3) is 5.69 Å². The first-order valence-corrected chi connectivity index (χ1v) is 8.30. The number of nitro groups is 1. The van der Waals surface area contributed by atoms with E-state index in [-0.39, 0.29) is 17.1 Å². The Bertz CT molecular complexity index is 1110. The molecule has 29 heavy (non-hydrogen) atoms. The summed E-state index contributed by atoms with van der Waals surface area (Å²) in [4.78, 5) is 24.9. The molecule has 0 radical (unpaired) electrons. The van der Waals surface area contributed by atoms with Gasteiger partial charge in [-0.25, -0.2) is 9.78 Å². The molecule has 1 aromatic heterocycles. The van der Waals surface area contributed by atoms with E-state index < -0.39 is 10.9 Å². The van der Waals surface area contributed by atoms with Crippen LogP contribution in [0.15, 0.2) is 66.9 Å². The number of aromatic nitrogens is 1. The molecule has 3 aromatic rings. The van der Waals surface area contributed by atoms with Crippen molar-refractivity contribution in [1.82, 2.24) is 4.98 Å². The van der Waals surface area contributed by atoms with Crippen LogP contribution >= 0.6 is 0 Å². The number of aromatic carboxylic acids is 1. The van der Waals surface area contributed by atoms with Crippen molar-refractivity contribution in [2.45, 2.75) is 0 Å². The van der Waals surface area contributed by atoms with Crippen molar-refractivity contribution in [2.75, 3.05) is 0 Å². The maximum absolute atomic E-state index is 10.9. The lowest BCUT2D eigenvalue weighted by Crippen LogP contribution is -1.95. The summed E-state index contributed by atoms with van der Waals surface area (Å²) < 4.78 is 5.54. The highest BCUT2D eigenvalue weighted by Crippen LogP contribution is 2.24. The van der Waals surface area contributed by atoms with Crippen LogP contribution in [0.2, 0.25) is 0 Å². The Hall–Kier alpha value is -4.51. The topological polar surface area (TPSA) is 126 Å². The lowest BCUT2D eigenvalue weighted by atomic mass is 10.0. The number of ether oxygens (including phenoxy) is 1. The van der Waals surface area contributed by atoms with Crippen molar-refractivity contribution in [3.63, 3.8) is 0 Å². The SMILES string of the molecule is N#C/C(=C/c1ccc(Oc2ccc([N+](=O)[O-])cn2)cc1)c1ccc(C(=O)O)cc1. The van der Waals surface area contributed by atoms with Gasteiger partial charge in [-0.05, 0) is 41.5 Å². The Kier molecular flexibility index (Phi) is 5.61. The fraction of sp³-hybridized carbons (Fsp3) is 0. The van der Waals surface area contributed by atoms with Crippen LogP contribution in [-0.4, -0.2) is 21.0 Å². The Morgan fingerprint density at radius 1 is 1.07 bits per heavy atom. The van der Waals surface area contributed by atoms with Crippen molar-refractivity contribution in [2.24, 2.45) is 0 Å². The van der Waals surface area contributed by atoms with Crippen LogP contribution in [-0.2, 0) is 0 Å². The number of hydrogen-bond donors (Lipinski definition) is 1. The zero-order valence-electron chi connectivity index (χ0n) is 14.9. The number of rotatable bonds is 6. The molecule has 0 saturated carbocycles. The van der Waals surface area contributed by atoms with Gasteiger partial charge in [0.05, 0.1) is 22.1 Å². The van der Waals surface area contributed by atoms with E-state index in [0.717, 1.165) is 11.8 Å². The minimum Gasteiger partial charge on any atom is -0.478 e. The molecule has 0 fully saturated rings. The van der Waals surface area contributed by atoms with E-state index in [9.17, 15) is 20.2 Å². The molecule has 0 spiro atoms. The van der Waals surface area contributed by atoms with E-state index in [4.69, 9.17) is 9.84 Å². The number of carboxylic acids is 1. The van der Waals surface area contributed by atoms with Gasteiger partial charge in [-0.15, -0.1) is 0 Å². The van der Waals surface area contributed by atoms with E-state index in [1.165, 1.54) is 24.3 Å². The van der Waals surface area contributed by atoms with Gasteiger partial charge in [-0.1, -0.05) is 24.3 Å². The van der Waals surface area contributed by atoms with Crippen molar-refractivity contribution in [3.8, 4) is 17.7 Å². The first kappa shape index (κ1) is 19.3. The molecule has 1 heterocycles. The maximum atomic E-state index is 10.9. The van der Waals surface area contributed by atoms with Gasteiger partial charge in [0.2, 0.25) is 5.88 Å². The molecular weight excluding hydrogens is 374 g/mol. The van der Waals surface area contributed by atoms with Crippen molar-refractivity contribution < 1.29 is 19.6 Å². The van der Waals surface area contributed by atoms with Gasteiger partial charge in [-0.2, -0.15) is 5.26 Å². The zero-order valence-corrected chi connectivity index (χ0v) is 14.9. The third kappa shape index (κ3) is 4.81. The number of allylic oxidation sites excluding steroid dienone is 1. The van der Waals surface area contributed by atoms with Crippen LogP contribution < -0.4 is 4.74 Å². The van der Waals surface area contributed by atoms with Gasteiger partial charge in [0.1, 0.15) is 11.9 Å². The summed E-state index contributed by atoms with van der Waals surface area (Å²) in [5.41, 5.74) is 1.75. The number of nitrogens with zero attached hydrogens (tertiary/aromatic N) is 3. The molecule has 142 valence electrons. The first-order valence-electron chi connectivity index (χ1n) is 8.30. The van der Waals surface area contributed by atoms with Crippen LogP contribution in [0.1, 0.15) is 21.5 Å². The molecule has 0 aliphatic heterocycles. The number of nitriles is 1. The second-order valence-corrected chi connectivity index (χ2v) is 5.84. The van der Waals surface area contributed by atoms with Gasteiger partial charge in [0.15, 0.2) is 0 Å². The zero-order chi connectivity index (χ0) is 20.8. The molecular formula is C21H13N3O5. The number of hydrogen-bond acceptors (Lipinski definition) is 6. The standard InChI is InChI=1S/C21H13N3O5/c22-12-17(15-3-5-16(6-4-15)21(25)26)11-14-1-8-19(9-2-14)29-20-10-7-18(13-23-20)24(27)28/h1-11,13H,(H,25,26)/b17-11-. The minimum absolute atomic E-state index is 0.127. The number of benzene rings is 2. The molecule has 0 unspecified atom stereocenters. The van der Waals surface area contributed by atoms with E-state index in [2.05, 4.69) is 11.1 Å². The summed E-state index contributed by atoms with van der Waals surface area (Å²) >= 11 is 0. The van der Waals surface area contributed by atoms with Gasteiger partial charge >= 0.3 is 5.97 Å². The Morgan fingerprint density at radius 2 is 1.72 bits per heavy atom. The normalized spacial score (nSPS) is 10.8. The molecule has 0 bridgehead atoms. The summed E-state index contributed by atoms with van der Waals surface area (Å²) in [5.74, 6) is -0.333. The van der Waals surface area contributed by atoms with Gasteiger partial charge in [-0.3, -0.25) is 10.1 Å². The minimum atomic E-state index is -1.03. The highest BCUT2D eigenvalue weighted by atomic mass is 16.6. The van der Waals surface area contributed by atoms with Crippen LogP contribution in [0.5, 0.6) is 11.6 Å². The monoisotopic (exact) mass is 387 g/mol. The van der Waals surface area contributed by atoms with Gasteiger partial charge < -0.3 is 9.84 Å². The second-order valence-electron chi connectivity index (χ2n) is 5.84. The molecule has 8 nitrogen and oxygen atoms in total. The summed E-state index contributed by atoms with van der Waals surface area (Å²) in [6.07, 6.45) is 2.78. The summed E-state index contributed by atoms with van der Waals surface area (Å²) in [6.45, 7) is 0. The van der Waals surface area contributed by atoms with Crippen LogP contribution in [0, 0.1) is 21.4 Å². The summed E-state index contributed by atoms with van der Waals surface area (Å²) in [5, 5.41) is 29.0. The molecule has 0 atom stereocenters. The van der Waals surface area contributed by atoms with Crippen molar-refractivity contribution >= 4 is 23.3 Å². The smallest absolute Gasteiger partial charge is 0.335 e. The molecule has 0 aliphatic rings. The van der Waals surface area contributed by atoms with E-state index in [1.54, 1.807) is 42.5 Å². The summed E-state index contributed by atoms with van der Waals surface area (Å²) in [6, 6.07) is 17.7. The second kappa shape index (κ2) is 8.45. The Balaban J connectivity index is 1.75. The number of carbonyl (C=O) groups is 1. The average Bonchev–Trinajstić information content (AvgIpc) is 2.73. The predicted molar refractivity (Wildman–Crippen MR) is 104 cm³/mol. The largest absolute Gasteiger partial charge is 0.478 e. The third-order valence-electron chi connectivity index (χ3n) is 3.91. The fourth-order valence-corrected chi connectivity index (χ4v) is 2.43. The molecule has 1 N–H and O–H groups in total. The van der Waals surface area contributed by atoms with E-state index >= 15 is 0 Å². The molecule has 2 aromatic carbocycles. The average molecular weight is 387 g/mol. The Labute approximate surface area is 165 Å². The van der Waals surface area contributed by atoms with E-state index in [1.807, 2.05) is 0 Å². The number of pyridine rings is 1. The quantitative estimate of drug-likeness (QED) is 0.285. The van der Waals surface area contributed by atoms with E-state index in [0.29, 0.717) is 16.9 Å². The lowest BCUT2D eigenvalue weighted by molar-refractivity contribution is -0.385. The highest BCUT2D eigenvalue weighted by molar-refractivity contribution is 5.92. The number of carboxylic acid groups (broad SMARTS) is 1. The summed E-state index contributed by atoms with van der Waals surface area (Å²) in [7, 11) is 0. The molecule has 0 aliphatic carbocycles. The molecule has 3 rings (SSSR count). The maximum Gasteiger partial charge on any atom is 0.335 e. The third-order valence-corrected chi connectivity index (χ3v) is 3.91. The predicted octanol–water partition coefficient (Wildman–Crippen LogP) is 4.54. The Morgan fingerprint density at radius 3 is 2.24 bits per heavy atom. The van der Waals surface area contributed by atoms with Crippen molar-refractivity contribution in [1.29, 1.82) is 5.26 Å². The van der Waals surface area contributed by atoms with Crippen LogP contribution in [0.25, 0.3) is 11.6 Å². The first-order chi connectivity index (χ1) is 14.0. The van der Waals surface area contributed by atoms with Crippen LogP contribution in [0.4, 0.5) is 5.69 Å². The molecule has 8 heteroatoms. The van der Waals surface area contributed by atoms with Crippen LogP contribution in [0.3, 0.4) is 0 Å². The lowest BCUT2D eigenvalue weighted by Gasteiger charge is -2.05. The molecule has 0 saturated heterocycles. The molecule has 0 amide bonds.